The third kappa shape index (κ3) is 4.48. The maximum Gasteiger partial charge on any atom is 0.253 e. The van der Waals surface area contributed by atoms with Crippen LogP contribution in [0.4, 0.5) is 4.39 Å². The highest BCUT2D eigenvalue weighted by molar-refractivity contribution is 5.94. The zero-order chi connectivity index (χ0) is 17.9. The molecule has 0 spiro atoms. The van der Waals surface area contributed by atoms with E-state index in [1.54, 1.807) is 12.1 Å². The van der Waals surface area contributed by atoms with Gasteiger partial charge in [0.15, 0.2) is 0 Å². The number of benzene rings is 2. The Morgan fingerprint density at radius 3 is 2.28 bits per heavy atom. The van der Waals surface area contributed by atoms with Crippen molar-refractivity contribution in [1.29, 1.82) is 0 Å². The SMILES string of the molecule is CC1(C)CCN(C(=O)c2ccc(C#Cc3cccc(F)c3)cc2)CC1. The van der Waals surface area contributed by atoms with Gasteiger partial charge in [0.2, 0.25) is 0 Å². The Balaban J connectivity index is 1.67. The van der Waals surface area contributed by atoms with Crippen LogP contribution >= 0.6 is 0 Å². The minimum atomic E-state index is -0.294. The Morgan fingerprint density at radius 2 is 1.64 bits per heavy atom. The normalized spacial score (nSPS) is 16.0. The highest BCUT2D eigenvalue weighted by Crippen LogP contribution is 2.30. The van der Waals surface area contributed by atoms with Gasteiger partial charge in [0.1, 0.15) is 5.82 Å². The molecule has 1 aliphatic rings. The molecule has 0 aliphatic carbocycles. The van der Waals surface area contributed by atoms with Crippen LogP contribution in [-0.2, 0) is 0 Å². The van der Waals surface area contributed by atoms with Gasteiger partial charge in [-0.1, -0.05) is 31.8 Å². The minimum Gasteiger partial charge on any atom is -0.339 e. The second-order valence-electron chi connectivity index (χ2n) is 7.29. The van der Waals surface area contributed by atoms with E-state index in [4.69, 9.17) is 0 Å². The summed E-state index contributed by atoms with van der Waals surface area (Å²) in [4.78, 5) is 14.5. The molecule has 0 radical (unpaired) electrons. The van der Waals surface area contributed by atoms with Crippen molar-refractivity contribution in [3.8, 4) is 11.8 Å². The molecule has 25 heavy (non-hydrogen) atoms. The van der Waals surface area contributed by atoms with E-state index in [9.17, 15) is 9.18 Å². The summed E-state index contributed by atoms with van der Waals surface area (Å²) in [5.41, 5.74) is 2.46. The van der Waals surface area contributed by atoms with Gasteiger partial charge < -0.3 is 4.90 Å². The molecule has 1 amide bonds. The number of piperidine rings is 1. The number of carbonyl (C=O) groups excluding carboxylic acids is 1. The molecule has 3 heteroatoms. The van der Waals surface area contributed by atoms with Crippen molar-refractivity contribution in [3.63, 3.8) is 0 Å². The van der Waals surface area contributed by atoms with Gasteiger partial charge in [0.05, 0.1) is 0 Å². The van der Waals surface area contributed by atoms with Gasteiger partial charge in [-0.15, -0.1) is 0 Å². The Kier molecular flexibility index (Phi) is 4.90. The van der Waals surface area contributed by atoms with Crippen molar-refractivity contribution >= 4 is 5.91 Å². The van der Waals surface area contributed by atoms with Crippen molar-refractivity contribution < 1.29 is 9.18 Å². The average Bonchev–Trinajstić information content (AvgIpc) is 2.60. The van der Waals surface area contributed by atoms with Gasteiger partial charge in [0, 0.05) is 29.8 Å². The molecule has 0 bridgehead atoms. The molecule has 2 aromatic rings. The fourth-order valence-electron chi connectivity index (χ4n) is 2.90. The topological polar surface area (TPSA) is 20.3 Å². The van der Waals surface area contributed by atoms with E-state index in [0.29, 0.717) is 16.5 Å². The van der Waals surface area contributed by atoms with Crippen LogP contribution in [0.15, 0.2) is 48.5 Å². The van der Waals surface area contributed by atoms with Gasteiger partial charge in [0.25, 0.3) is 5.91 Å². The van der Waals surface area contributed by atoms with Crippen LogP contribution in [0.1, 0.15) is 48.2 Å². The lowest BCUT2D eigenvalue weighted by Gasteiger charge is -2.36. The highest BCUT2D eigenvalue weighted by atomic mass is 19.1. The van der Waals surface area contributed by atoms with Gasteiger partial charge >= 0.3 is 0 Å². The van der Waals surface area contributed by atoms with E-state index in [1.807, 2.05) is 29.2 Å². The predicted octanol–water partition coefficient (Wildman–Crippen LogP) is 4.49. The smallest absolute Gasteiger partial charge is 0.253 e. The summed E-state index contributed by atoms with van der Waals surface area (Å²) in [5, 5.41) is 0. The number of hydrogen-bond donors (Lipinski definition) is 0. The second-order valence-corrected chi connectivity index (χ2v) is 7.29. The maximum atomic E-state index is 13.1. The van der Waals surface area contributed by atoms with E-state index in [1.165, 1.54) is 12.1 Å². The maximum absolute atomic E-state index is 13.1. The molecule has 128 valence electrons. The van der Waals surface area contributed by atoms with Crippen LogP contribution in [0.25, 0.3) is 0 Å². The zero-order valence-corrected chi connectivity index (χ0v) is 14.7. The van der Waals surface area contributed by atoms with Crippen LogP contribution in [0.5, 0.6) is 0 Å². The summed E-state index contributed by atoms with van der Waals surface area (Å²) in [7, 11) is 0. The number of nitrogens with zero attached hydrogens (tertiary/aromatic N) is 1. The Hall–Kier alpha value is -2.60. The molecule has 1 saturated heterocycles. The first-order valence-corrected chi connectivity index (χ1v) is 8.60. The number of amides is 1. The van der Waals surface area contributed by atoms with Crippen molar-refractivity contribution in [1.82, 2.24) is 4.90 Å². The van der Waals surface area contributed by atoms with Crippen molar-refractivity contribution in [2.75, 3.05) is 13.1 Å². The van der Waals surface area contributed by atoms with Gasteiger partial charge in [-0.3, -0.25) is 4.79 Å². The first-order chi connectivity index (χ1) is 11.9. The molecule has 1 aliphatic heterocycles. The quantitative estimate of drug-likeness (QED) is 0.703. The number of halogens is 1. The molecule has 0 aromatic heterocycles. The summed E-state index contributed by atoms with van der Waals surface area (Å²) in [6, 6.07) is 13.5. The molecule has 2 aromatic carbocycles. The summed E-state index contributed by atoms with van der Waals surface area (Å²) in [6.07, 6.45) is 2.08. The third-order valence-corrected chi connectivity index (χ3v) is 4.71. The van der Waals surface area contributed by atoms with Crippen LogP contribution in [0.3, 0.4) is 0 Å². The zero-order valence-electron chi connectivity index (χ0n) is 14.7. The Labute approximate surface area is 148 Å². The van der Waals surface area contributed by atoms with Crippen LogP contribution < -0.4 is 0 Å². The number of likely N-dealkylation sites (tertiary alicyclic amines) is 1. The fourth-order valence-corrected chi connectivity index (χ4v) is 2.90. The van der Waals surface area contributed by atoms with Crippen molar-refractivity contribution in [2.24, 2.45) is 5.41 Å². The monoisotopic (exact) mass is 335 g/mol. The molecule has 0 atom stereocenters. The number of carbonyl (C=O) groups is 1. The lowest BCUT2D eigenvalue weighted by Crippen LogP contribution is -2.41. The molecule has 0 N–H and O–H groups in total. The summed E-state index contributed by atoms with van der Waals surface area (Å²) in [5.74, 6) is 5.73. The third-order valence-electron chi connectivity index (χ3n) is 4.71. The molecule has 3 rings (SSSR count). The van der Waals surface area contributed by atoms with Crippen LogP contribution in [0.2, 0.25) is 0 Å². The van der Waals surface area contributed by atoms with E-state index >= 15 is 0 Å². The van der Waals surface area contributed by atoms with Crippen molar-refractivity contribution in [2.45, 2.75) is 26.7 Å². The molecule has 2 nitrogen and oxygen atoms in total. The fraction of sp³-hybridized carbons (Fsp3) is 0.318. The lowest BCUT2D eigenvalue weighted by atomic mass is 9.82. The largest absolute Gasteiger partial charge is 0.339 e. The molecule has 1 fully saturated rings. The summed E-state index contributed by atoms with van der Waals surface area (Å²) in [6.45, 7) is 6.13. The Morgan fingerprint density at radius 1 is 1.00 bits per heavy atom. The summed E-state index contributed by atoms with van der Waals surface area (Å²) >= 11 is 0. The predicted molar refractivity (Wildman–Crippen MR) is 97.7 cm³/mol. The molecular weight excluding hydrogens is 313 g/mol. The first kappa shape index (κ1) is 17.2. The number of hydrogen-bond acceptors (Lipinski definition) is 1. The molecule has 1 heterocycles. The van der Waals surface area contributed by atoms with Crippen LogP contribution in [0, 0.1) is 23.1 Å². The van der Waals surface area contributed by atoms with Gasteiger partial charge in [-0.25, -0.2) is 4.39 Å². The van der Waals surface area contributed by atoms with E-state index in [-0.39, 0.29) is 11.7 Å². The first-order valence-electron chi connectivity index (χ1n) is 8.60. The second kappa shape index (κ2) is 7.11. The van der Waals surface area contributed by atoms with E-state index in [2.05, 4.69) is 25.7 Å². The van der Waals surface area contributed by atoms with Crippen molar-refractivity contribution in [3.05, 3.63) is 71.0 Å². The standard InChI is InChI=1S/C22H22FNO/c1-22(2)12-14-24(15-13-22)21(25)19-10-8-17(9-11-19)6-7-18-4-3-5-20(23)16-18/h3-5,8-11,16H,12-15H2,1-2H3. The Bertz CT molecular complexity index is 817. The number of rotatable bonds is 1. The summed E-state index contributed by atoms with van der Waals surface area (Å²) < 4.78 is 13.1. The van der Waals surface area contributed by atoms with E-state index < -0.39 is 0 Å². The van der Waals surface area contributed by atoms with Gasteiger partial charge in [-0.05, 0) is 60.7 Å². The van der Waals surface area contributed by atoms with Gasteiger partial charge in [-0.2, -0.15) is 0 Å². The molecule has 0 unspecified atom stereocenters. The highest BCUT2D eigenvalue weighted by Gasteiger charge is 2.28. The lowest BCUT2D eigenvalue weighted by molar-refractivity contribution is 0.0630. The van der Waals surface area contributed by atoms with E-state index in [0.717, 1.165) is 31.5 Å². The minimum absolute atomic E-state index is 0.0835. The van der Waals surface area contributed by atoms with Crippen LogP contribution in [-0.4, -0.2) is 23.9 Å². The molecular formula is C22H22FNO. The average molecular weight is 335 g/mol. The molecule has 0 saturated carbocycles.